The number of amides is 1. The maximum Gasteiger partial charge on any atom is 0.266 e. The standard InChI is InChI=1S/C18H23N3O2/c1-3-14(2)16-6-4-5-7-17(16)20-13-15(12-19)18(22)21-8-10-23-11-9-21/h4-7,13-14,20H,3,8-11H2,1-2H3/b15-13-. The van der Waals surface area contributed by atoms with Gasteiger partial charge in [0.25, 0.3) is 5.91 Å². The Kier molecular flexibility index (Phi) is 6.19. The minimum Gasteiger partial charge on any atom is -0.378 e. The highest BCUT2D eigenvalue weighted by atomic mass is 16.5. The fraction of sp³-hybridized carbons (Fsp3) is 0.444. The summed E-state index contributed by atoms with van der Waals surface area (Å²) in [6, 6.07) is 9.98. The molecule has 23 heavy (non-hydrogen) atoms. The van der Waals surface area contributed by atoms with E-state index in [1.165, 1.54) is 11.8 Å². The van der Waals surface area contributed by atoms with Crippen molar-refractivity contribution in [1.82, 2.24) is 4.90 Å². The van der Waals surface area contributed by atoms with Crippen LogP contribution >= 0.6 is 0 Å². The van der Waals surface area contributed by atoms with Crippen LogP contribution in [0, 0.1) is 11.3 Å². The molecule has 1 amide bonds. The van der Waals surface area contributed by atoms with Gasteiger partial charge in [0.05, 0.1) is 13.2 Å². The Morgan fingerprint density at radius 2 is 2.13 bits per heavy atom. The van der Waals surface area contributed by atoms with Crippen LogP contribution in [0.15, 0.2) is 36.0 Å². The highest BCUT2D eigenvalue weighted by molar-refractivity contribution is 5.97. The van der Waals surface area contributed by atoms with Crippen molar-refractivity contribution in [2.45, 2.75) is 26.2 Å². The van der Waals surface area contributed by atoms with Crippen molar-refractivity contribution in [1.29, 1.82) is 5.26 Å². The fourth-order valence-corrected chi connectivity index (χ4v) is 2.51. The SMILES string of the molecule is CCC(C)c1ccccc1N/C=C(/C#N)C(=O)N1CCOCC1. The van der Waals surface area contributed by atoms with Crippen molar-refractivity contribution in [2.75, 3.05) is 31.6 Å². The van der Waals surface area contributed by atoms with Crippen molar-refractivity contribution in [3.8, 4) is 6.07 Å². The molecule has 0 radical (unpaired) electrons. The lowest BCUT2D eigenvalue weighted by Crippen LogP contribution is -2.41. The topological polar surface area (TPSA) is 65.4 Å². The second-order valence-electron chi connectivity index (χ2n) is 5.62. The molecule has 5 heteroatoms. The molecule has 122 valence electrons. The van der Waals surface area contributed by atoms with Gasteiger partial charge in [-0.3, -0.25) is 4.79 Å². The van der Waals surface area contributed by atoms with Crippen LogP contribution < -0.4 is 5.32 Å². The zero-order chi connectivity index (χ0) is 16.7. The average Bonchev–Trinajstić information content (AvgIpc) is 2.62. The third-order valence-electron chi connectivity index (χ3n) is 4.13. The van der Waals surface area contributed by atoms with E-state index in [1.807, 2.05) is 24.3 Å². The fourth-order valence-electron chi connectivity index (χ4n) is 2.51. The molecule has 1 atom stereocenters. The average molecular weight is 313 g/mol. The van der Waals surface area contributed by atoms with Crippen LogP contribution in [0.2, 0.25) is 0 Å². The minimum atomic E-state index is -0.246. The summed E-state index contributed by atoms with van der Waals surface area (Å²) in [6.45, 7) is 6.40. The predicted molar refractivity (Wildman–Crippen MR) is 89.9 cm³/mol. The maximum atomic E-state index is 12.4. The van der Waals surface area contributed by atoms with Gasteiger partial charge in [0.2, 0.25) is 0 Å². The summed E-state index contributed by atoms with van der Waals surface area (Å²) in [6.07, 6.45) is 2.54. The van der Waals surface area contributed by atoms with Gasteiger partial charge in [-0.2, -0.15) is 5.26 Å². The molecule has 0 aromatic heterocycles. The van der Waals surface area contributed by atoms with Crippen LogP contribution in [0.5, 0.6) is 0 Å². The number of benzene rings is 1. The van der Waals surface area contributed by atoms with Gasteiger partial charge < -0.3 is 15.0 Å². The number of rotatable bonds is 5. The van der Waals surface area contributed by atoms with E-state index in [9.17, 15) is 10.1 Å². The monoisotopic (exact) mass is 313 g/mol. The summed E-state index contributed by atoms with van der Waals surface area (Å²) in [5.41, 5.74) is 2.23. The first-order valence-electron chi connectivity index (χ1n) is 8.00. The molecule has 0 spiro atoms. The van der Waals surface area contributed by atoms with Gasteiger partial charge in [-0.25, -0.2) is 0 Å². The van der Waals surface area contributed by atoms with Crippen LogP contribution in [0.3, 0.4) is 0 Å². The van der Waals surface area contributed by atoms with Crippen molar-refractivity contribution in [2.24, 2.45) is 0 Å². The third-order valence-corrected chi connectivity index (χ3v) is 4.13. The van der Waals surface area contributed by atoms with E-state index < -0.39 is 0 Å². The van der Waals surface area contributed by atoms with Crippen LogP contribution in [0.4, 0.5) is 5.69 Å². The summed E-state index contributed by atoms with van der Waals surface area (Å²) in [5, 5.41) is 12.4. The van der Waals surface area contributed by atoms with Crippen LogP contribution in [0.25, 0.3) is 0 Å². The highest BCUT2D eigenvalue weighted by Crippen LogP contribution is 2.26. The van der Waals surface area contributed by atoms with Gasteiger partial charge >= 0.3 is 0 Å². The molecule has 1 saturated heterocycles. The second-order valence-corrected chi connectivity index (χ2v) is 5.62. The van der Waals surface area contributed by atoms with E-state index in [4.69, 9.17) is 4.74 Å². The minimum absolute atomic E-state index is 0.117. The van der Waals surface area contributed by atoms with Gasteiger partial charge in [0.15, 0.2) is 0 Å². The van der Waals surface area contributed by atoms with Gasteiger partial charge in [0, 0.05) is 25.0 Å². The Morgan fingerprint density at radius 3 is 2.78 bits per heavy atom. The number of hydrogen-bond donors (Lipinski definition) is 1. The van der Waals surface area contributed by atoms with Crippen molar-refractivity contribution >= 4 is 11.6 Å². The number of carbonyl (C=O) groups is 1. The van der Waals surface area contributed by atoms with E-state index in [0.29, 0.717) is 32.2 Å². The molecule has 1 aromatic rings. The van der Waals surface area contributed by atoms with Gasteiger partial charge in [-0.05, 0) is 24.0 Å². The number of ether oxygens (including phenoxy) is 1. The Morgan fingerprint density at radius 1 is 1.43 bits per heavy atom. The van der Waals surface area contributed by atoms with Crippen molar-refractivity contribution < 1.29 is 9.53 Å². The lowest BCUT2D eigenvalue weighted by atomic mass is 9.97. The molecular weight excluding hydrogens is 290 g/mol. The number of carbonyl (C=O) groups excluding carboxylic acids is 1. The number of para-hydroxylation sites is 1. The number of nitrogens with one attached hydrogen (secondary N) is 1. The summed E-state index contributed by atoms with van der Waals surface area (Å²) >= 11 is 0. The predicted octanol–water partition coefficient (Wildman–Crippen LogP) is 2.88. The highest BCUT2D eigenvalue weighted by Gasteiger charge is 2.20. The van der Waals surface area contributed by atoms with Crippen LogP contribution in [-0.2, 0) is 9.53 Å². The molecule has 1 aliphatic rings. The molecule has 1 aromatic carbocycles. The first-order valence-corrected chi connectivity index (χ1v) is 8.00. The zero-order valence-corrected chi connectivity index (χ0v) is 13.7. The summed E-state index contributed by atoms with van der Waals surface area (Å²) in [5.74, 6) is 0.164. The zero-order valence-electron chi connectivity index (χ0n) is 13.7. The molecule has 0 saturated carbocycles. The molecule has 1 unspecified atom stereocenters. The van der Waals surface area contributed by atoms with Crippen molar-refractivity contribution in [3.63, 3.8) is 0 Å². The number of nitriles is 1. The Hall–Kier alpha value is -2.32. The van der Waals surface area contributed by atoms with E-state index in [0.717, 1.165) is 12.1 Å². The smallest absolute Gasteiger partial charge is 0.266 e. The molecule has 1 fully saturated rings. The van der Waals surface area contributed by atoms with E-state index in [-0.39, 0.29) is 11.5 Å². The van der Waals surface area contributed by atoms with Gasteiger partial charge in [0.1, 0.15) is 11.6 Å². The number of nitrogens with zero attached hydrogens (tertiary/aromatic N) is 2. The van der Waals surface area contributed by atoms with Gasteiger partial charge in [-0.1, -0.05) is 32.0 Å². The first-order chi connectivity index (χ1) is 11.2. The molecule has 1 aliphatic heterocycles. The van der Waals surface area contributed by atoms with Crippen LogP contribution in [0.1, 0.15) is 31.7 Å². The maximum absolute atomic E-state index is 12.4. The number of morpholine rings is 1. The summed E-state index contributed by atoms with van der Waals surface area (Å²) in [4.78, 5) is 14.0. The molecule has 2 rings (SSSR count). The largest absolute Gasteiger partial charge is 0.378 e. The van der Waals surface area contributed by atoms with E-state index >= 15 is 0 Å². The second kappa shape index (κ2) is 8.35. The Bertz CT molecular complexity index is 613. The lowest BCUT2D eigenvalue weighted by Gasteiger charge is -2.26. The first kappa shape index (κ1) is 17.0. The third kappa shape index (κ3) is 4.33. The van der Waals surface area contributed by atoms with E-state index in [1.54, 1.807) is 4.90 Å². The molecule has 5 nitrogen and oxygen atoms in total. The number of hydrogen-bond acceptors (Lipinski definition) is 4. The Labute approximate surface area is 137 Å². The van der Waals surface area contributed by atoms with E-state index in [2.05, 4.69) is 25.2 Å². The molecular formula is C18H23N3O2. The molecule has 1 N–H and O–H groups in total. The normalized spacial score (nSPS) is 16.6. The van der Waals surface area contributed by atoms with Crippen LogP contribution in [-0.4, -0.2) is 37.1 Å². The lowest BCUT2D eigenvalue weighted by molar-refractivity contribution is -0.130. The summed E-state index contributed by atoms with van der Waals surface area (Å²) < 4.78 is 5.24. The number of anilines is 1. The van der Waals surface area contributed by atoms with Crippen molar-refractivity contribution in [3.05, 3.63) is 41.6 Å². The molecule has 0 bridgehead atoms. The quantitative estimate of drug-likeness (QED) is 0.670. The Balaban J connectivity index is 2.14. The molecule has 1 heterocycles. The summed E-state index contributed by atoms with van der Waals surface area (Å²) in [7, 11) is 0. The van der Waals surface area contributed by atoms with Gasteiger partial charge in [-0.15, -0.1) is 0 Å². The molecule has 0 aliphatic carbocycles.